The largest absolute Gasteiger partial charge is 0.489 e. The van der Waals surface area contributed by atoms with Crippen LogP contribution in [-0.4, -0.2) is 45.1 Å². The summed E-state index contributed by atoms with van der Waals surface area (Å²) in [5.41, 5.74) is 6.14. The third-order valence-electron chi connectivity index (χ3n) is 10.3. The monoisotopic (exact) mass is 750 g/mol. The van der Waals surface area contributed by atoms with E-state index in [-0.39, 0.29) is 19.3 Å². The second-order valence-electron chi connectivity index (χ2n) is 13.8. The first-order valence-electron chi connectivity index (χ1n) is 18.3. The lowest BCUT2D eigenvalue weighted by molar-refractivity contribution is 0.100. The minimum atomic E-state index is 0.179. The van der Waals surface area contributed by atoms with E-state index >= 15 is 0 Å². The number of ether oxygens (including phenoxy) is 3. The van der Waals surface area contributed by atoms with Crippen molar-refractivity contribution in [2.24, 2.45) is 0 Å². The maximum absolute atomic E-state index is 9.32. The van der Waals surface area contributed by atoms with E-state index < -0.39 is 0 Å². The highest BCUT2D eigenvalue weighted by Gasteiger charge is 2.29. The summed E-state index contributed by atoms with van der Waals surface area (Å²) in [6, 6.07) is 20.5. The van der Waals surface area contributed by atoms with E-state index in [1.54, 1.807) is 24.7 Å². The van der Waals surface area contributed by atoms with Crippen molar-refractivity contribution in [3.05, 3.63) is 123 Å². The topological polar surface area (TPSA) is 108 Å². The molecule has 9 nitrogen and oxygen atoms in total. The van der Waals surface area contributed by atoms with Crippen LogP contribution in [0.5, 0.6) is 17.2 Å². The van der Waals surface area contributed by atoms with Gasteiger partial charge < -0.3 is 29.4 Å². The van der Waals surface area contributed by atoms with Crippen LogP contribution in [0, 0.1) is 18.3 Å². The molecule has 0 amide bonds. The molecule has 0 bridgehead atoms. The third kappa shape index (κ3) is 9.14. The van der Waals surface area contributed by atoms with Gasteiger partial charge in [-0.1, -0.05) is 53.5 Å². The Kier molecular flexibility index (Phi) is 12.1. The van der Waals surface area contributed by atoms with Crippen LogP contribution in [0.4, 0.5) is 0 Å². The van der Waals surface area contributed by atoms with Gasteiger partial charge in [0.1, 0.15) is 42.4 Å². The molecule has 1 saturated carbocycles. The maximum atomic E-state index is 9.32. The van der Waals surface area contributed by atoms with Gasteiger partial charge in [0, 0.05) is 60.1 Å². The Hall–Kier alpha value is -4.59. The number of halogens is 2. The summed E-state index contributed by atoms with van der Waals surface area (Å²) in [5.74, 6) is 2.67. The molecule has 2 aromatic heterocycles. The molecule has 7 rings (SSSR count). The number of nitrogens with zero attached hydrogens (tertiary/aromatic N) is 4. The molecular weight excluding hydrogens is 707 g/mol. The lowest BCUT2D eigenvalue weighted by atomic mass is 9.92. The van der Waals surface area contributed by atoms with Crippen LogP contribution >= 0.6 is 23.2 Å². The van der Waals surface area contributed by atoms with E-state index in [9.17, 15) is 5.26 Å². The molecule has 0 unspecified atom stereocenters. The van der Waals surface area contributed by atoms with Gasteiger partial charge in [0.25, 0.3) is 0 Å². The Bertz CT molecular complexity index is 2040. The number of aromatic amines is 1. The van der Waals surface area contributed by atoms with E-state index in [2.05, 4.69) is 50.3 Å². The second-order valence-corrected chi connectivity index (χ2v) is 14.6. The van der Waals surface area contributed by atoms with Gasteiger partial charge >= 0.3 is 0 Å². The van der Waals surface area contributed by atoms with Crippen molar-refractivity contribution in [1.82, 2.24) is 25.2 Å². The molecule has 2 fully saturated rings. The zero-order valence-corrected chi connectivity index (χ0v) is 31.4. The molecule has 1 saturated heterocycles. The lowest BCUT2D eigenvalue weighted by Crippen LogP contribution is -2.38. The number of rotatable bonds is 14. The molecule has 53 heavy (non-hydrogen) atoms. The normalized spacial score (nSPS) is 17.4. The van der Waals surface area contributed by atoms with Crippen LogP contribution in [0.2, 0.25) is 10.0 Å². The highest BCUT2D eigenvalue weighted by molar-refractivity contribution is 6.35. The number of likely N-dealkylation sites (tertiary alicyclic amines) is 1. The molecule has 0 spiro atoms. The summed E-state index contributed by atoms with van der Waals surface area (Å²) >= 11 is 13.9. The van der Waals surface area contributed by atoms with E-state index in [0.29, 0.717) is 46.2 Å². The Morgan fingerprint density at radius 1 is 0.887 bits per heavy atom. The molecular formula is C42H44Cl2N6O3. The Balaban J connectivity index is 1.05. The van der Waals surface area contributed by atoms with Gasteiger partial charge in [0.2, 0.25) is 0 Å². The quantitative estimate of drug-likeness (QED) is 0.116. The van der Waals surface area contributed by atoms with Crippen molar-refractivity contribution >= 4 is 23.2 Å². The van der Waals surface area contributed by atoms with Crippen molar-refractivity contribution < 1.29 is 14.2 Å². The average Bonchev–Trinajstić information content (AvgIpc) is 3.92. The molecule has 2 aliphatic rings. The molecule has 2 N–H and O–H groups in total. The zero-order valence-electron chi connectivity index (χ0n) is 29.9. The van der Waals surface area contributed by atoms with Crippen LogP contribution < -0.4 is 19.5 Å². The van der Waals surface area contributed by atoms with Gasteiger partial charge in [0.15, 0.2) is 0 Å². The van der Waals surface area contributed by atoms with Crippen molar-refractivity contribution in [3.63, 3.8) is 0 Å². The van der Waals surface area contributed by atoms with Gasteiger partial charge in [-0.2, -0.15) is 5.26 Å². The summed E-state index contributed by atoms with van der Waals surface area (Å²) in [6.45, 7) is 6.11. The van der Waals surface area contributed by atoms with Crippen LogP contribution in [-0.2, 0) is 26.3 Å². The Labute approximate surface area is 321 Å². The Morgan fingerprint density at radius 3 is 2.47 bits per heavy atom. The first kappa shape index (κ1) is 36.8. The Morgan fingerprint density at radius 2 is 1.68 bits per heavy atom. The van der Waals surface area contributed by atoms with Gasteiger partial charge in [-0.25, -0.2) is 4.98 Å². The van der Waals surface area contributed by atoms with E-state index in [1.807, 2.05) is 36.4 Å². The predicted octanol–water partition coefficient (Wildman–Crippen LogP) is 9.19. The third-order valence-corrected chi connectivity index (χ3v) is 11.0. The number of benzene rings is 3. The SMILES string of the molecule is Cc1c(COc2cc(OCc3cncc(C#N)c3)c(CNCc3ncc[nH]3)cc2Cl)cccc1-c1cccc(OC2CCC(N3CCCC3)CC2)c1Cl. The van der Waals surface area contributed by atoms with Gasteiger partial charge in [-0.15, -0.1) is 0 Å². The van der Waals surface area contributed by atoms with Crippen molar-refractivity contribution in [2.75, 3.05) is 13.1 Å². The van der Waals surface area contributed by atoms with Crippen molar-refractivity contribution in [3.8, 4) is 34.4 Å². The molecule has 274 valence electrons. The maximum Gasteiger partial charge on any atom is 0.142 e. The van der Waals surface area contributed by atoms with Crippen molar-refractivity contribution in [2.45, 2.75) is 83.9 Å². The highest BCUT2D eigenvalue weighted by atomic mass is 35.5. The number of nitriles is 1. The molecule has 1 aliphatic heterocycles. The number of H-pyrrole nitrogens is 1. The number of imidazole rings is 1. The smallest absolute Gasteiger partial charge is 0.142 e. The number of nitrogens with one attached hydrogen (secondary N) is 2. The zero-order chi connectivity index (χ0) is 36.6. The summed E-state index contributed by atoms with van der Waals surface area (Å²) in [7, 11) is 0. The molecule has 3 heterocycles. The summed E-state index contributed by atoms with van der Waals surface area (Å²) in [5, 5.41) is 13.8. The van der Waals surface area contributed by atoms with Crippen LogP contribution in [0.25, 0.3) is 11.1 Å². The highest BCUT2D eigenvalue weighted by Crippen LogP contribution is 2.40. The van der Waals surface area contributed by atoms with Gasteiger partial charge in [-0.05, 0) is 93.4 Å². The molecule has 0 radical (unpaired) electrons. The standard InChI is InChI=1S/C42H44Cl2N6O3/c1-28-31(6-4-7-35(28)36-8-5-9-38(42(36)44)53-34-12-10-33(11-13-34)50-16-2-3-17-50)27-52-40-20-39(51-26-30-18-29(21-45)22-46-23-30)32(19-37(40)43)24-47-25-41-48-14-15-49-41/h4-9,14-15,18-20,22-23,33-34,47H,2-3,10-13,16-17,24-27H2,1H3,(H,48,49). The molecule has 0 atom stereocenters. The van der Waals surface area contributed by atoms with Crippen LogP contribution in [0.1, 0.15) is 72.2 Å². The predicted molar refractivity (Wildman–Crippen MR) is 207 cm³/mol. The fraction of sp³-hybridized carbons (Fsp3) is 0.357. The fourth-order valence-corrected chi connectivity index (χ4v) is 7.88. The van der Waals surface area contributed by atoms with E-state index in [0.717, 1.165) is 57.8 Å². The second kappa shape index (κ2) is 17.5. The fourth-order valence-electron chi connectivity index (χ4n) is 7.37. The van der Waals surface area contributed by atoms with Crippen molar-refractivity contribution in [1.29, 1.82) is 5.26 Å². The average molecular weight is 752 g/mol. The molecule has 5 aromatic rings. The molecule has 11 heteroatoms. The summed E-state index contributed by atoms with van der Waals surface area (Å²) in [4.78, 5) is 14.2. The molecule has 1 aliphatic carbocycles. The number of aromatic nitrogens is 3. The number of pyridine rings is 1. The molecule has 3 aromatic carbocycles. The van der Waals surface area contributed by atoms with Crippen LogP contribution in [0.15, 0.2) is 79.4 Å². The van der Waals surface area contributed by atoms with Gasteiger partial charge in [-0.3, -0.25) is 4.98 Å². The number of hydrogen-bond donors (Lipinski definition) is 2. The first-order valence-corrected chi connectivity index (χ1v) is 19.1. The van der Waals surface area contributed by atoms with E-state index in [1.165, 1.54) is 45.0 Å². The van der Waals surface area contributed by atoms with Gasteiger partial charge in [0.05, 0.1) is 28.3 Å². The number of hydrogen-bond acceptors (Lipinski definition) is 8. The minimum absolute atomic E-state index is 0.179. The lowest BCUT2D eigenvalue weighted by Gasteiger charge is -2.34. The van der Waals surface area contributed by atoms with E-state index in [4.69, 9.17) is 37.4 Å². The van der Waals surface area contributed by atoms with Crippen LogP contribution in [0.3, 0.4) is 0 Å². The first-order chi connectivity index (χ1) is 25.9. The summed E-state index contributed by atoms with van der Waals surface area (Å²) < 4.78 is 19.2. The minimum Gasteiger partial charge on any atom is -0.489 e. The summed E-state index contributed by atoms with van der Waals surface area (Å²) in [6.07, 6.45) is 14.0.